The molecule has 0 aromatic heterocycles. The lowest BCUT2D eigenvalue weighted by atomic mass is 9.96. The van der Waals surface area contributed by atoms with Gasteiger partial charge in [-0.3, -0.25) is 9.59 Å². The van der Waals surface area contributed by atoms with Crippen LogP contribution in [0.15, 0.2) is 0 Å². The lowest BCUT2D eigenvalue weighted by Crippen LogP contribution is -2.35. The highest BCUT2D eigenvalue weighted by Crippen LogP contribution is 2.10. The molecule has 4 heteroatoms. The Hall–Kier alpha value is -1.06. The van der Waals surface area contributed by atoms with Crippen LogP contribution in [0.4, 0.5) is 0 Å². The summed E-state index contributed by atoms with van der Waals surface area (Å²) in [6, 6.07) is 0. The Balaban J connectivity index is 3.66. The number of rotatable bonds is 11. The van der Waals surface area contributed by atoms with Crippen LogP contribution in [0.1, 0.15) is 65.7 Å². The summed E-state index contributed by atoms with van der Waals surface area (Å²) in [5.41, 5.74) is 0. The molecule has 0 aromatic rings. The highest BCUT2D eigenvalue weighted by Gasteiger charge is 2.21. The van der Waals surface area contributed by atoms with E-state index in [1.807, 2.05) is 13.8 Å². The molecule has 1 atom stereocenters. The van der Waals surface area contributed by atoms with Crippen molar-refractivity contribution in [2.45, 2.75) is 65.7 Å². The molecule has 0 heterocycles. The van der Waals surface area contributed by atoms with Gasteiger partial charge < -0.3 is 10.4 Å². The van der Waals surface area contributed by atoms with Crippen LogP contribution in [-0.2, 0) is 9.59 Å². The molecular weight excluding hydrogens is 242 g/mol. The van der Waals surface area contributed by atoms with Crippen molar-refractivity contribution >= 4 is 11.9 Å². The van der Waals surface area contributed by atoms with Gasteiger partial charge in [0, 0.05) is 13.0 Å². The summed E-state index contributed by atoms with van der Waals surface area (Å²) in [5, 5.41) is 11.7. The molecule has 0 rings (SSSR count). The fourth-order valence-electron chi connectivity index (χ4n) is 1.99. The first-order chi connectivity index (χ1) is 8.99. The number of carbonyl (C=O) groups is 2. The molecule has 0 radical (unpaired) electrons. The van der Waals surface area contributed by atoms with Crippen LogP contribution in [0.3, 0.4) is 0 Å². The van der Waals surface area contributed by atoms with E-state index < -0.39 is 11.9 Å². The molecule has 0 aromatic carbocycles. The number of carbonyl (C=O) groups excluding carboxylic acids is 1. The van der Waals surface area contributed by atoms with E-state index in [9.17, 15) is 9.59 Å². The third kappa shape index (κ3) is 9.51. The number of hydrogen-bond donors (Lipinski definition) is 2. The molecule has 0 saturated heterocycles. The van der Waals surface area contributed by atoms with E-state index in [0.29, 0.717) is 6.42 Å². The van der Waals surface area contributed by atoms with Crippen LogP contribution >= 0.6 is 0 Å². The quantitative estimate of drug-likeness (QED) is 0.567. The maximum atomic E-state index is 11.6. The summed E-state index contributed by atoms with van der Waals surface area (Å²) >= 11 is 0. The molecule has 0 aliphatic rings. The van der Waals surface area contributed by atoms with Gasteiger partial charge in [0.15, 0.2) is 0 Å². The minimum atomic E-state index is -0.838. The zero-order valence-corrected chi connectivity index (χ0v) is 12.6. The number of aliphatic carboxylic acids is 1. The number of hydrogen-bond acceptors (Lipinski definition) is 2. The van der Waals surface area contributed by atoms with Gasteiger partial charge in [-0.15, -0.1) is 0 Å². The molecule has 2 N–H and O–H groups in total. The van der Waals surface area contributed by atoms with E-state index in [-0.39, 0.29) is 18.4 Å². The summed E-state index contributed by atoms with van der Waals surface area (Å²) in [6.07, 6.45) is 7.41. The maximum Gasteiger partial charge on any atom is 0.308 e. The van der Waals surface area contributed by atoms with Gasteiger partial charge in [-0.25, -0.2) is 0 Å². The average Bonchev–Trinajstić information content (AvgIpc) is 2.33. The number of carboxylic acid groups (broad SMARTS) is 1. The van der Waals surface area contributed by atoms with E-state index in [1.54, 1.807) is 0 Å². The third-order valence-corrected chi connectivity index (χ3v) is 3.40. The second-order valence-corrected chi connectivity index (χ2v) is 5.51. The summed E-state index contributed by atoms with van der Waals surface area (Å²) in [6.45, 7) is 6.14. The molecule has 112 valence electrons. The highest BCUT2D eigenvalue weighted by atomic mass is 16.4. The van der Waals surface area contributed by atoms with E-state index in [0.717, 1.165) is 12.8 Å². The Morgan fingerprint density at radius 2 is 1.63 bits per heavy atom. The minimum absolute atomic E-state index is 0.0256. The second-order valence-electron chi connectivity index (χ2n) is 5.51. The fraction of sp³-hybridized carbons (Fsp3) is 0.867. The molecule has 0 saturated carbocycles. The molecule has 4 nitrogen and oxygen atoms in total. The van der Waals surface area contributed by atoms with E-state index in [1.165, 1.54) is 25.7 Å². The second kappa shape index (κ2) is 10.8. The third-order valence-electron chi connectivity index (χ3n) is 3.40. The van der Waals surface area contributed by atoms with Gasteiger partial charge in [0.25, 0.3) is 0 Å². The Bertz CT molecular complexity index is 264. The molecular formula is C15H29NO3. The smallest absolute Gasteiger partial charge is 0.308 e. The predicted octanol–water partition coefficient (Wildman–Crippen LogP) is 3.21. The normalized spacial score (nSPS) is 12.4. The molecule has 19 heavy (non-hydrogen) atoms. The van der Waals surface area contributed by atoms with Gasteiger partial charge in [0.05, 0.1) is 5.92 Å². The van der Waals surface area contributed by atoms with E-state index in [2.05, 4.69) is 12.2 Å². The molecule has 0 spiro atoms. The van der Waals surface area contributed by atoms with Crippen molar-refractivity contribution in [1.82, 2.24) is 5.32 Å². The van der Waals surface area contributed by atoms with Crippen LogP contribution in [0.25, 0.3) is 0 Å². The topological polar surface area (TPSA) is 66.4 Å². The average molecular weight is 271 g/mol. The van der Waals surface area contributed by atoms with Crippen molar-refractivity contribution in [2.24, 2.45) is 11.8 Å². The first-order valence-electron chi connectivity index (χ1n) is 7.48. The van der Waals surface area contributed by atoms with Crippen LogP contribution in [0.2, 0.25) is 0 Å². The lowest BCUT2D eigenvalue weighted by molar-refractivity contribution is -0.143. The molecule has 0 bridgehead atoms. The zero-order chi connectivity index (χ0) is 14.7. The van der Waals surface area contributed by atoms with Crippen LogP contribution in [-0.4, -0.2) is 23.5 Å². The van der Waals surface area contributed by atoms with Gasteiger partial charge in [-0.05, 0) is 12.3 Å². The number of amides is 1. The van der Waals surface area contributed by atoms with Gasteiger partial charge in [-0.1, -0.05) is 52.9 Å². The Labute approximate surface area is 117 Å². The van der Waals surface area contributed by atoms with E-state index in [4.69, 9.17) is 5.11 Å². The Morgan fingerprint density at radius 1 is 1.05 bits per heavy atom. The van der Waals surface area contributed by atoms with Crippen molar-refractivity contribution in [1.29, 1.82) is 0 Å². The maximum absolute atomic E-state index is 11.6. The molecule has 0 aliphatic carbocycles. The SMILES string of the molecule is CCCCCCCCC(=O)NCC(C(=O)O)C(C)C. The lowest BCUT2D eigenvalue weighted by Gasteiger charge is -2.16. The Morgan fingerprint density at radius 3 is 2.16 bits per heavy atom. The number of nitrogens with one attached hydrogen (secondary N) is 1. The Kier molecular flexibility index (Phi) is 10.2. The van der Waals surface area contributed by atoms with E-state index >= 15 is 0 Å². The van der Waals surface area contributed by atoms with Crippen LogP contribution in [0, 0.1) is 11.8 Å². The first kappa shape index (κ1) is 17.9. The standard InChI is InChI=1S/C15H29NO3/c1-4-5-6-7-8-9-10-14(17)16-11-13(12(2)3)15(18)19/h12-13H,4-11H2,1-3H3,(H,16,17)(H,18,19). The molecule has 0 fully saturated rings. The fourth-order valence-corrected chi connectivity index (χ4v) is 1.99. The predicted molar refractivity (Wildman–Crippen MR) is 77.0 cm³/mol. The van der Waals surface area contributed by atoms with Crippen LogP contribution < -0.4 is 5.32 Å². The largest absolute Gasteiger partial charge is 0.481 e. The van der Waals surface area contributed by atoms with Gasteiger partial charge in [0.2, 0.25) is 5.91 Å². The summed E-state index contributed by atoms with van der Waals surface area (Å²) in [4.78, 5) is 22.5. The summed E-state index contributed by atoms with van der Waals surface area (Å²) in [7, 11) is 0. The van der Waals surface area contributed by atoms with Gasteiger partial charge in [-0.2, -0.15) is 0 Å². The van der Waals surface area contributed by atoms with Gasteiger partial charge in [0.1, 0.15) is 0 Å². The zero-order valence-electron chi connectivity index (χ0n) is 12.6. The van der Waals surface area contributed by atoms with Crippen molar-refractivity contribution in [3.63, 3.8) is 0 Å². The summed E-state index contributed by atoms with van der Waals surface area (Å²) < 4.78 is 0. The van der Waals surface area contributed by atoms with Crippen LogP contribution in [0.5, 0.6) is 0 Å². The minimum Gasteiger partial charge on any atom is -0.481 e. The van der Waals surface area contributed by atoms with Crippen molar-refractivity contribution in [3.8, 4) is 0 Å². The van der Waals surface area contributed by atoms with Crippen molar-refractivity contribution < 1.29 is 14.7 Å². The number of carboxylic acids is 1. The van der Waals surface area contributed by atoms with Gasteiger partial charge >= 0.3 is 5.97 Å². The van der Waals surface area contributed by atoms with Crippen molar-refractivity contribution in [3.05, 3.63) is 0 Å². The molecule has 1 unspecified atom stereocenters. The highest BCUT2D eigenvalue weighted by molar-refractivity contribution is 5.77. The summed E-state index contributed by atoms with van der Waals surface area (Å²) in [5.74, 6) is -1.32. The molecule has 1 amide bonds. The number of unbranched alkanes of at least 4 members (excludes halogenated alkanes) is 5. The monoisotopic (exact) mass is 271 g/mol. The molecule has 0 aliphatic heterocycles. The van der Waals surface area contributed by atoms with Crippen molar-refractivity contribution in [2.75, 3.05) is 6.54 Å². The first-order valence-corrected chi connectivity index (χ1v) is 7.48.